The topological polar surface area (TPSA) is 84.0 Å². The number of anilines is 1. The highest BCUT2D eigenvalue weighted by molar-refractivity contribution is 6.31. The van der Waals surface area contributed by atoms with Gasteiger partial charge in [-0.05, 0) is 36.6 Å². The van der Waals surface area contributed by atoms with Gasteiger partial charge >= 0.3 is 18.3 Å². The first-order valence-electron chi connectivity index (χ1n) is 9.92. The smallest absolute Gasteiger partial charge is 0.451 e. The zero-order valence-electron chi connectivity index (χ0n) is 17.4. The SMILES string of the molecule is COC(=O)CCC1c2[nH]c3ccc(Cl)cc3c2CCN1c1nc(C(F)(F)F)nc(C(F)(F)F)n1. The number of H-pyrrole nitrogens is 1. The highest BCUT2D eigenvalue weighted by atomic mass is 35.5. The van der Waals surface area contributed by atoms with Crippen molar-refractivity contribution in [2.45, 2.75) is 37.7 Å². The van der Waals surface area contributed by atoms with Crippen LogP contribution in [0.3, 0.4) is 0 Å². The molecule has 1 aromatic carbocycles. The van der Waals surface area contributed by atoms with Crippen molar-refractivity contribution in [1.82, 2.24) is 19.9 Å². The average molecular weight is 508 g/mol. The molecule has 1 unspecified atom stereocenters. The summed E-state index contributed by atoms with van der Waals surface area (Å²) in [7, 11) is 1.18. The molecule has 4 rings (SSSR count). The maximum atomic E-state index is 13.3. The minimum atomic E-state index is -5.22. The van der Waals surface area contributed by atoms with Crippen molar-refractivity contribution >= 4 is 34.4 Å². The number of methoxy groups -OCH3 is 1. The van der Waals surface area contributed by atoms with E-state index in [1.807, 2.05) is 0 Å². The van der Waals surface area contributed by atoms with Crippen molar-refractivity contribution in [3.63, 3.8) is 0 Å². The number of aromatic amines is 1. The molecule has 0 saturated carbocycles. The first kappa shape index (κ1) is 24.0. The summed E-state index contributed by atoms with van der Waals surface area (Å²) < 4.78 is 84.4. The van der Waals surface area contributed by atoms with Crippen LogP contribution in [0.15, 0.2) is 18.2 Å². The second-order valence-corrected chi connectivity index (χ2v) is 8.00. The molecule has 1 aliphatic heterocycles. The summed E-state index contributed by atoms with van der Waals surface area (Å²) in [5, 5.41) is 1.23. The van der Waals surface area contributed by atoms with Gasteiger partial charge in [-0.3, -0.25) is 4.79 Å². The molecule has 0 bridgehead atoms. The molecule has 3 aromatic rings. The van der Waals surface area contributed by atoms with E-state index in [2.05, 4.69) is 24.7 Å². The number of benzene rings is 1. The van der Waals surface area contributed by atoms with E-state index in [0.717, 1.165) is 10.9 Å². The predicted molar refractivity (Wildman–Crippen MR) is 108 cm³/mol. The van der Waals surface area contributed by atoms with Crippen LogP contribution in [0.25, 0.3) is 10.9 Å². The number of esters is 1. The van der Waals surface area contributed by atoms with E-state index in [0.29, 0.717) is 16.2 Å². The Labute approximate surface area is 193 Å². The van der Waals surface area contributed by atoms with Crippen LogP contribution in [0.1, 0.15) is 41.8 Å². The monoisotopic (exact) mass is 507 g/mol. The van der Waals surface area contributed by atoms with Gasteiger partial charge in [0.25, 0.3) is 0 Å². The highest BCUT2D eigenvalue weighted by Crippen LogP contribution is 2.40. The molecule has 1 N–H and O–H groups in total. The molecule has 0 spiro atoms. The van der Waals surface area contributed by atoms with E-state index in [4.69, 9.17) is 11.6 Å². The van der Waals surface area contributed by atoms with Crippen molar-refractivity contribution in [3.05, 3.63) is 46.1 Å². The standard InChI is InChI=1S/C20H16ClF6N5O2/c1-34-14(33)5-4-13-15-10(11-8-9(21)2-3-12(11)28-15)6-7-32(13)18-30-16(19(22,23)24)29-17(31-18)20(25,26)27/h2-3,8,13,28H,4-7H2,1H3. The Hall–Kier alpha value is -3.09. The molecule has 0 amide bonds. The number of aromatic nitrogens is 4. The fourth-order valence-electron chi connectivity index (χ4n) is 3.98. The van der Waals surface area contributed by atoms with Crippen molar-refractivity contribution < 1.29 is 35.9 Å². The number of carbonyl (C=O) groups is 1. The lowest BCUT2D eigenvalue weighted by Gasteiger charge is -2.36. The van der Waals surface area contributed by atoms with E-state index in [1.54, 1.807) is 18.2 Å². The van der Waals surface area contributed by atoms with Gasteiger partial charge in [-0.1, -0.05) is 11.6 Å². The van der Waals surface area contributed by atoms with Gasteiger partial charge in [0.1, 0.15) is 0 Å². The number of halogens is 7. The number of hydrogen-bond donors (Lipinski definition) is 1. The van der Waals surface area contributed by atoms with Crippen LogP contribution in [0.4, 0.5) is 32.3 Å². The van der Waals surface area contributed by atoms with Gasteiger partial charge in [-0.15, -0.1) is 0 Å². The molecule has 182 valence electrons. The van der Waals surface area contributed by atoms with Crippen molar-refractivity contribution in [3.8, 4) is 0 Å². The lowest BCUT2D eigenvalue weighted by molar-refractivity contribution is -0.155. The van der Waals surface area contributed by atoms with Crippen LogP contribution >= 0.6 is 11.6 Å². The van der Waals surface area contributed by atoms with Gasteiger partial charge in [-0.2, -0.15) is 36.3 Å². The largest absolute Gasteiger partial charge is 0.469 e. The molecule has 2 aromatic heterocycles. The first-order chi connectivity index (χ1) is 15.9. The van der Waals surface area contributed by atoms with Crippen molar-refractivity contribution in [1.29, 1.82) is 0 Å². The van der Waals surface area contributed by atoms with Crippen LogP contribution in [0.2, 0.25) is 5.02 Å². The van der Waals surface area contributed by atoms with Gasteiger partial charge in [0.2, 0.25) is 17.6 Å². The van der Waals surface area contributed by atoms with E-state index in [1.165, 1.54) is 12.0 Å². The first-order valence-corrected chi connectivity index (χ1v) is 10.3. The van der Waals surface area contributed by atoms with E-state index in [9.17, 15) is 31.1 Å². The van der Waals surface area contributed by atoms with E-state index < -0.39 is 42.0 Å². The lowest BCUT2D eigenvalue weighted by Crippen LogP contribution is -2.38. The minimum Gasteiger partial charge on any atom is -0.469 e. The number of rotatable bonds is 4. The number of nitrogens with one attached hydrogen (secondary N) is 1. The van der Waals surface area contributed by atoms with Crippen LogP contribution in [0, 0.1) is 0 Å². The van der Waals surface area contributed by atoms with E-state index >= 15 is 0 Å². The Kier molecular flexibility index (Phi) is 6.08. The molecular formula is C20H16ClF6N5O2. The Morgan fingerprint density at radius 3 is 2.38 bits per heavy atom. The van der Waals surface area contributed by atoms with E-state index in [-0.39, 0.29) is 25.8 Å². The third kappa shape index (κ3) is 4.61. The fraction of sp³-hybridized carbons (Fsp3) is 0.400. The number of alkyl halides is 6. The Balaban J connectivity index is 1.85. The number of ether oxygens (including phenoxy) is 1. The maximum absolute atomic E-state index is 13.3. The lowest BCUT2D eigenvalue weighted by atomic mass is 9.94. The van der Waals surface area contributed by atoms with Crippen LogP contribution in [-0.4, -0.2) is 39.6 Å². The van der Waals surface area contributed by atoms with Gasteiger partial charge in [-0.25, -0.2) is 4.98 Å². The number of carbonyl (C=O) groups excluding carboxylic acids is 1. The van der Waals surface area contributed by atoms with Crippen molar-refractivity contribution in [2.75, 3.05) is 18.6 Å². The third-order valence-corrected chi connectivity index (χ3v) is 5.69. The van der Waals surface area contributed by atoms with Gasteiger partial charge in [0.05, 0.1) is 13.2 Å². The maximum Gasteiger partial charge on any atom is 0.451 e. The highest BCUT2D eigenvalue weighted by Gasteiger charge is 2.43. The molecule has 0 fully saturated rings. The quantitative estimate of drug-likeness (QED) is 0.391. The second kappa shape index (κ2) is 8.60. The summed E-state index contributed by atoms with van der Waals surface area (Å²) in [6.45, 7) is -0.00306. The molecule has 0 radical (unpaired) electrons. The van der Waals surface area contributed by atoms with Gasteiger partial charge in [0, 0.05) is 34.6 Å². The normalized spacial score (nSPS) is 16.6. The third-order valence-electron chi connectivity index (χ3n) is 5.45. The predicted octanol–water partition coefficient (Wildman–Crippen LogP) is 5.10. The molecular weight excluding hydrogens is 492 g/mol. The Bertz CT molecular complexity index is 1210. The van der Waals surface area contributed by atoms with Crippen LogP contribution in [0.5, 0.6) is 0 Å². The van der Waals surface area contributed by atoms with Crippen LogP contribution in [-0.2, 0) is 28.3 Å². The van der Waals surface area contributed by atoms with Gasteiger partial charge in [0.15, 0.2) is 0 Å². The molecule has 14 heteroatoms. The summed E-state index contributed by atoms with van der Waals surface area (Å²) >= 11 is 6.10. The molecule has 1 aliphatic rings. The number of hydrogen-bond acceptors (Lipinski definition) is 6. The van der Waals surface area contributed by atoms with Crippen LogP contribution < -0.4 is 4.90 Å². The molecule has 0 saturated heterocycles. The minimum absolute atomic E-state index is 0.00306. The molecule has 0 aliphatic carbocycles. The summed E-state index contributed by atoms with van der Waals surface area (Å²) in [6, 6.07) is 4.23. The second-order valence-electron chi connectivity index (χ2n) is 7.56. The summed E-state index contributed by atoms with van der Waals surface area (Å²) in [6.07, 6.45) is -10.3. The number of fused-ring (bicyclic) bond motifs is 3. The molecule has 1 atom stereocenters. The summed E-state index contributed by atoms with van der Waals surface area (Å²) in [5.41, 5.74) is 2.00. The Morgan fingerprint density at radius 2 is 1.79 bits per heavy atom. The zero-order chi connectivity index (χ0) is 24.8. The summed E-state index contributed by atoms with van der Waals surface area (Å²) in [5.74, 6) is -5.28. The molecule has 3 heterocycles. The zero-order valence-corrected chi connectivity index (χ0v) is 18.1. The molecule has 7 nitrogen and oxygen atoms in total. The van der Waals surface area contributed by atoms with Gasteiger partial charge < -0.3 is 14.6 Å². The number of nitrogens with zero attached hydrogens (tertiary/aromatic N) is 4. The average Bonchev–Trinajstić information content (AvgIpc) is 3.13. The fourth-order valence-corrected chi connectivity index (χ4v) is 4.15. The van der Waals surface area contributed by atoms with Crippen molar-refractivity contribution in [2.24, 2.45) is 0 Å². The molecule has 34 heavy (non-hydrogen) atoms. The summed E-state index contributed by atoms with van der Waals surface area (Å²) in [4.78, 5) is 25.4. The Morgan fingerprint density at radius 1 is 1.15 bits per heavy atom.